The van der Waals surface area contributed by atoms with Crippen molar-refractivity contribution in [3.05, 3.63) is 182 Å². The molecule has 4 heterocycles. The van der Waals surface area contributed by atoms with Crippen LogP contribution in [-0.4, -0.2) is 19.5 Å². The molecular formula is C51H30N4O2. The van der Waals surface area contributed by atoms with Crippen molar-refractivity contribution in [1.82, 2.24) is 19.5 Å². The van der Waals surface area contributed by atoms with Crippen molar-refractivity contribution in [2.75, 3.05) is 0 Å². The molecule has 0 N–H and O–H groups in total. The van der Waals surface area contributed by atoms with E-state index < -0.39 is 0 Å². The number of fused-ring (bicyclic) bond motifs is 10. The number of furan rings is 2. The van der Waals surface area contributed by atoms with Crippen molar-refractivity contribution in [2.45, 2.75) is 0 Å². The highest BCUT2D eigenvalue weighted by Crippen LogP contribution is 2.44. The first-order valence-electron chi connectivity index (χ1n) is 19.0. The Morgan fingerprint density at radius 3 is 1.72 bits per heavy atom. The maximum Gasteiger partial charge on any atom is 0.238 e. The average Bonchev–Trinajstić information content (AvgIpc) is 3.96. The van der Waals surface area contributed by atoms with Crippen LogP contribution in [0.1, 0.15) is 0 Å². The highest BCUT2D eigenvalue weighted by Gasteiger charge is 2.24. The van der Waals surface area contributed by atoms with E-state index in [0.717, 1.165) is 99.1 Å². The van der Waals surface area contributed by atoms with Crippen LogP contribution in [0.4, 0.5) is 0 Å². The molecule has 57 heavy (non-hydrogen) atoms. The molecule has 12 aromatic rings. The molecule has 12 rings (SSSR count). The Balaban J connectivity index is 1.16. The third kappa shape index (κ3) is 4.87. The number of benzene rings is 8. The van der Waals surface area contributed by atoms with E-state index in [2.05, 4.69) is 120 Å². The van der Waals surface area contributed by atoms with Crippen LogP contribution >= 0.6 is 0 Å². The van der Waals surface area contributed by atoms with Gasteiger partial charge in [0.2, 0.25) is 5.95 Å². The average molecular weight is 731 g/mol. The highest BCUT2D eigenvalue weighted by molar-refractivity contribution is 6.28. The molecule has 0 unspecified atom stereocenters. The van der Waals surface area contributed by atoms with Gasteiger partial charge in [-0.15, -0.1) is 0 Å². The molecule has 0 saturated carbocycles. The Kier molecular flexibility index (Phi) is 6.83. The zero-order chi connectivity index (χ0) is 37.5. The molecule has 6 nitrogen and oxygen atoms in total. The van der Waals surface area contributed by atoms with E-state index in [1.807, 2.05) is 66.7 Å². The Morgan fingerprint density at radius 1 is 0.351 bits per heavy atom. The van der Waals surface area contributed by atoms with Gasteiger partial charge in [-0.25, -0.2) is 4.98 Å². The van der Waals surface area contributed by atoms with Crippen molar-refractivity contribution in [2.24, 2.45) is 0 Å². The summed E-state index contributed by atoms with van der Waals surface area (Å²) >= 11 is 0. The summed E-state index contributed by atoms with van der Waals surface area (Å²) in [5.41, 5.74) is 11.5. The van der Waals surface area contributed by atoms with Crippen LogP contribution in [-0.2, 0) is 0 Å². The SMILES string of the molecule is c1ccc(-c2nc(-c3ccc4c(c3)oc3cccc(-c5ccccc5)c34)nc(-n3c4ccc5oc6ccccc6c5c4c4cccc(-c5ccccc5)c43)n2)cc1. The lowest BCUT2D eigenvalue weighted by molar-refractivity contribution is 0.669. The topological polar surface area (TPSA) is 69.9 Å². The third-order valence-corrected chi connectivity index (χ3v) is 11.1. The molecule has 0 aliphatic heterocycles. The number of para-hydroxylation sites is 2. The van der Waals surface area contributed by atoms with Crippen molar-refractivity contribution in [1.29, 1.82) is 0 Å². The molecule has 0 fully saturated rings. The lowest BCUT2D eigenvalue weighted by Gasteiger charge is -2.13. The van der Waals surface area contributed by atoms with Gasteiger partial charge in [0.1, 0.15) is 22.3 Å². The van der Waals surface area contributed by atoms with Gasteiger partial charge in [-0.3, -0.25) is 4.57 Å². The van der Waals surface area contributed by atoms with Crippen LogP contribution < -0.4 is 0 Å². The molecule has 0 saturated heterocycles. The smallest absolute Gasteiger partial charge is 0.238 e. The van der Waals surface area contributed by atoms with Gasteiger partial charge >= 0.3 is 0 Å². The number of aromatic nitrogens is 4. The molecule has 0 bridgehead atoms. The maximum absolute atomic E-state index is 6.56. The Hall–Kier alpha value is -7.83. The van der Waals surface area contributed by atoms with Gasteiger partial charge < -0.3 is 8.83 Å². The Labute approximate surface area is 325 Å². The van der Waals surface area contributed by atoms with Crippen LogP contribution in [0.2, 0.25) is 0 Å². The van der Waals surface area contributed by atoms with E-state index in [-0.39, 0.29) is 0 Å². The second-order valence-corrected chi connectivity index (χ2v) is 14.3. The van der Waals surface area contributed by atoms with Crippen LogP contribution in [0, 0.1) is 0 Å². The standard InChI is InChI=1S/C51H30N4O2/c1-4-14-31(15-5-1)35-21-13-25-42-45(35)38-27-26-34(30-44(38)57-42)50-52-49(33-18-8-3-9-19-33)53-51(54-50)55-40-28-29-43-47(37-20-10-11-24-41(37)56-43)46(40)39-23-12-22-36(48(39)55)32-16-6-2-7-17-32/h1-30H. The van der Waals surface area contributed by atoms with Gasteiger partial charge in [0.15, 0.2) is 11.6 Å². The summed E-state index contributed by atoms with van der Waals surface area (Å²) < 4.78 is 15.2. The predicted octanol–water partition coefficient (Wildman–Crippen LogP) is 13.4. The summed E-state index contributed by atoms with van der Waals surface area (Å²) in [6.45, 7) is 0. The fourth-order valence-electron chi connectivity index (χ4n) is 8.56. The molecule has 266 valence electrons. The Morgan fingerprint density at radius 2 is 0.930 bits per heavy atom. The lowest BCUT2D eigenvalue weighted by Crippen LogP contribution is -2.07. The van der Waals surface area contributed by atoms with Gasteiger partial charge in [-0.05, 0) is 53.1 Å². The van der Waals surface area contributed by atoms with Crippen molar-refractivity contribution >= 4 is 65.7 Å². The van der Waals surface area contributed by atoms with E-state index >= 15 is 0 Å². The largest absolute Gasteiger partial charge is 0.456 e. The van der Waals surface area contributed by atoms with Crippen molar-refractivity contribution in [3.63, 3.8) is 0 Å². The van der Waals surface area contributed by atoms with Crippen LogP contribution in [0.25, 0.3) is 117 Å². The minimum Gasteiger partial charge on any atom is -0.456 e. The molecule has 6 heteroatoms. The summed E-state index contributed by atoms with van der Waals surface area (Å²) in [5.74, 6) is 1.64. The first-order chi connectivity index (χ1) is 28.3. The van der Waals surface area contributed by atoms with Crippen LogP contribution in [0.5, 0.6) is 0 Å². The molecule has 0 aliphatic rings. The summed E-state index contributed by atoms with van der Waals surface area (Å²) in [6.07, 6.45) is 0. The zero-order valence-electron chi connectivity index (χ0n) is 30.4. The number of hydrogen-bond acceptors (Lipinski definition) is 5. The molecule has 0 atom stereocenters. The minimum absolute atomic E-state index is 0.519. The molecule has 4 aromatic heterocycles. The van der Waals surface area contributed by atoms with Gasteiger partial charge in [0.25, 0.3) is 0 Å². The summed E-state index contributed by atoms with van der Waals surface area (Å²) in [7, 11) is 0. The second-order valence-electron chi connectivity index (χ2n) is 14.3. The quantitative estimate of drug-likeness (QED) is 0.176. The number of hydrogen-bond donors (Lipinski definition) is 0. The Bertz CT molecular complexity index is 3510. The molecule has 0 radical (unpaired) electrons. The summed E-state index contributed by atoms with van der Waals surface area (Å²) in [6, 6.07) is 62.5. The molecule has 0 amide bonds. The summed E-state index contributed by atoms with van der Waals surface area (Å²) in [4.78, 5) is 15.8. The predicted molar refractivity (Wildman–Crippen MR) is 230 cm³/mol. The lowest BCUT2D eigenvalue weighted by atomic mass is 9.99. The fraction of sp³-hybridized carbons (Fsp3) is 0. The van der Waals surface area contributed by atoms with E-state index in [0.29, 0.717) is 17.6 Å². The normalized spacial score (nSPS) is 11.9. The second kappa shape index (κ2) is 12.3. The number of nitrogens with zero attached hydrogens (tertiary/aromatic N) is 4. The van der Waals surface area contributed by atoms with Crippen LogP contribution in [0.15, 0.2) is 191 Å². The highest BCUT2D eigenvalue weighted by atomic mass is 16.3. The van der Waals surface area contributed by atoms with E-state index in [1.165, 1.54) is 0 Å². The molecule has 0 spiro atoms. The number of rotatable bonds is 5. The fourth-order valence-corrected chi connectivity index (χ4v) is 8.56. The maximum atomic E-state index is 6.56. The van der Waals surface area contributed by atoms with Crippen LogP contribution in [0.3, 0.4) is 0 Å². The zero-order valence-corrected chi connectivity index (χ0v) is 30.4. The third-order valence-electron chi connectivity index (χ3n) is 11.1. The van der Waals surface area contributed by atoms with Crippen molar-refractivity contribution in [3.8, 4) is 51.0 Å². The van der Waals surface area contributed by atoms with Gasteiger partial charge in [0, 0.05) is 49.0 Å². The van der Waals surface area contributed by atoms with E-state index in [9.17, 15) is 0 Å². The van der Waals surface area contributed by atoms with Gasteiger partial charge in [-0.2, -0.15) is 9.97 Å². The minimum atomic E-state index is 0.519. The van der Waals surface area contributed by atoms with E-state index in [4.69, 9.17) is 23.8 Å². The van der Waals surface area contributed by atoms with E-state index in [1.54, 1.807) is 0 Å². The first kappa shape index (κ1) is 31.5. The van der Waals surface area contributed by atoms with Gasteiger partial charge in [-0.1, -0.05) is 146 Å². The molecule has 8 aromatic carbocycles. The monoisotopic (exact) mass is 730 g/mol. The van der Waals surface area contributed by atoms with Crippen molar-refractivity contribution < 1.29 is 8.83 Å². The van der Waals surface area contributed by atoms with Gasteiger partial charge in [0.05, 0.1) is 11.0 Å². The first-order valence-corrected chi connectivity index (χ1v) is 19.0. The molecule has 0 aliphatic carbocycles. The molecular weight excluding hydrogens is 701 g/mol. The summed E-state index contributed by atoms with van der Waals surface area (Å²) in [5, 5.41) is 6.44.